The Balaban J connectivity index is -0.000000440. The minimum Gasteiger partial charge on any atom is -0.356 e. The second kappa shape index (κ2) is 18.9. The molecule has 0 unspecified atom stereocenters. The molecule has 0 atom stereocenters. The van der Waals surface area contributed by atoms with Gasteiger partial charge in [0, 0.05) is 35.4 Å². The van der Waals surface area contributed by atoms with Crippen LogP contribution in [-0.2, 0) is 27.3 Å². The van der Waals surface area contributed by atoms with E-state index in [2.05, 4.69) is 0 Å². The van der Waals surface area contributed by atoms with Crippen molar-refractivity contribution >= 4 is 23.2 Å². The summed E-state index contributed by atoms with van der Waals surface area (Å²) in [5, 5.41) is 50.1. The van der Waals surface area contributed by atoms with Gasteiger partial charge in [0.25, 0.3) is 23.2 Å². The van der Waals surface area contributed by atoms with Crippen molar-refractivity contribution < 1.29 is 56.9 Å². The molecule has 2 amide bonds. The summed E-state index contributed by atoms with van der Waals surface area (Å²) in [7, 11) is 0. The Morgan fingerprint density at radius 2 is 0.886 bits per heavy atom. The molecule has 0 spiro atoms. The van der Waals surface area contributed by atoms with Crippen molar-refractivity contribution in [2.45, 2.75) is 0 Å². The van der Waals surface area contributed by atoms with Crippen molar-refractivity contribution in [3.63, 3.8) is 0 Å². The minimum absolute atomic E-state index is 0. The normalized spacial score (nSPS) is 8.29. The number of hydrazine groups is 2. The summed E-state index contributed by atoms with van der Waals surface area (Å²) in [6.07, 6.45) is 0. The summed E-state index contributed by atoms with van der Waals surface area (Å²) in [6, 6.07) is 10.6. The SMILES string of the molecule is NNC(=O)c1cccc([N+](=O)[O-])c1.NNC(=O)c1cccc([N+](=O)[O-])c1.O=[N+]([O-])[O-].O=[N+]([O-])[O-].[Cd+2]. The summed E-state index contributed by atoms with van der Waals surface area (Å²) < 4.78 is 0. The van der Waals surface area contributed by atoms with Crippen LogP contribution in [0.5, 0.6) is 0 Å². The number of amides is 2. The number of carbonyl (C=O) groups is 2. The molecule has 0 aromatic heterocycles. The molecule has 184 valence electrons. The van der Waals surface area contributed by atoms with Gasteiger partial charge >= 0.3 is 27.3 Å². The van der Waals surface area contributed by atoms with Crippen LogP contribution in [0.15, 0.2) is 48.5 Å². The summed E-state index contributed by atoms with van der Waals surface area (Å²) in [5.41, 5.74) is 3.82. The fraction of sp³-hybridized carbons (Fsp3) is 0. The van der Waals surface area contributed by atoms with Crippen molar-refractivity contribution in [3.05, 3.63) is 111 Å². The van der Waals surface area contributed by atoms with Crippen molar-refractivity contribution in [1.29, 1.82) is 0 Å². The molecule has 0 heterocycles. The molecular weight excluding hydrogens is 585 g/mol. The number of nitrogens with two attached hydrogens (primary N) is 2. The fourth-order valence-electron chi connectivity index (χ4n) is 1.69. The van der Waals surface area contributed by atoms with E-state index in [0.29, 0.717) is 0 Å². The first-order valence-corrected chi connectivity index (χ1v) is 7.90. The first-order chi connectivity index (χ1) is 15.8. The number of hydrogen-bond donors (Lipinski definition) is 4. The Morgan fingerprint density at radius 1 is 0.629 bits per heavy atom. The molecule has 2 aromatic rings. The smallest absolute Gasteiger partial charge is 0.356 e. The first kappa shape index (κ1) is 35.0. The maximum Gasteiger partial charge on any atom is 2.00 e. The van der Waals surface area contributed by atoms with E-state index in [9.17, 15) is 29.8 Å². The van der Waals surface area contributed by atoms with E-state index in [1.54, 1.807) is 0 Å². The van der Waals surface area contributed by atoms with E-state index in [0.717, 1.165) is 12.1 Å². The van der Waals surface area contributed by atoms with E-state index >= 15 is 0 Å². The number of carbonyl (C=O) groups excluding carboxylic acids is 2. The molecule has 20 nitrogen and oxygen atoms in total. The molecule has 0 radical (unpaired) electrons. The predicted octanol–water partition coefficient (Wildman–Crippen LogP) is -0.0841. The number of nitro groups is 2. The Kier molecular flexibility index (Phi) is 19.0. The average molecular weight is 599 g/mol. The van der Waals surface area contributed by atoms with Crippen LogP contribution in [0.2, 0.25) is 0 Å². The van der Waals surface area contributed by atoms with Gasteiger partial charge in [-0.1, -0.05) is 12.1 Å². The molecule has 0 fully saturated rings. The molecule has 0 saturated carbocycles. The van der Waals surface area contributed by atoms with Gasteiger partial charge in [0.2, 0.25) is 0 Å². The number of nitro benzene ring substituents is 2. The average Bonchev–Trinajstić information content (AvgIpc) is 2.77. The number of hydrogen-bond acceptors (Lipinski definition) is 14. The van der Waals surface area contributed by atoms with Crippen LogP contribution in [0.25, 0.3) is 0 Å². The molecule has 0 aliphatic carbocycles. The van der Waals surface area contributed by atoms with Crippen LogP contribution in [0, 0.1) is 50.9 Å². The molecular formula is C14H14CdN8O12. The monoisotopic (exact) mass is 600 g/mol. The molecule has 0 aliphatic heterocycles. The zero-order valence-electron chi connectivity index (χ0n) is 17.2. The van der Waals surface area contributed by atoms with Crippen LogP contribution in [0.3, 0.4) is 0 Å². The zero-order valence-corrected chi connectivity index (χ0v) is 21.2. The number of nitrogens with zero attached hydrogens (tertiary/aromatic N) is 4. The van der Waals surface area contributed by atoms with Gasteiger partial charge in [-0.05, 0) is 12.1 Å². The van der Waals surface area contributed by atoms with E-state index < -0.39 is 31.8 Å². The van der Waals surface area contributed by atoms with E-state index in [4.69, 9.17) is 42.3 Å². The Hall–Kier alpha value is -4.58. The van der Waals surface area contributed by atoms with Gasteiger partial charge in [0.05, 0.1) is 20.0 Å². The van der Waals surface area contributed by atoms with Crippen LogP contribution in [0.4, 0.5) is 11.4 Å². The second-order valence-electron chi connectivity index (χ2n) is 5.01. The molecule has 0 aliphatic rings. The Bertz CT molecular complexity index is 948. The van der Waals surface area contributed by atoms with Crippen LogP contribution < -0.4 is 22.5 Å². The van der Waals surface area contributed by atoms with Gasteiger partial charge < -0.3 is 30.6 Å². The molecule has 0 saturated heterocycles. The van der Waals surface area contributed by atoms with E-state index in [1.165, 1.54) is 36.4 Å². The van der Waals surface area contributed by atoms with Crippen LogP contribution in [-0.4, -0.2) is 31.8 Å². The third-order valence-corrected chi connectivity index (χ3v) is 2.90. The molecule has 6 N–H and O–H groups in total. The van der Waals surface area contributed by atoms with Crippen LogP contribution >= 0.6 is 0 Å². The van der Waals surface area contributed by atoms with E-state index in [1.807, 2.05) is 10.9 Å². The summed E-state index contributed by atoms with van der Waals surface area (Å²) in [6.45, 7) is 0. The second-order valence-corrected chi connectivity index (χ2v) is 5.01. The quantitative estimate of drug-likeness (QED) is 0.117. The summed E-state index contributed by atoms with van der Waals surface area (Å²) >= 11 is 0. The number of non-ortho nitro benzene ring substituents is 2. The number of benzene rings is 2. The van der Waals surface area contributed by atoms with Crippen LogP contribution in [0.1, 0.15) is 20.7 Å². The number of rotatable bonds is 4. The Morgan fingerprint density at radius 3 is 1.09 bits per heavy atom. The maximum absolute atomic E-state index is 10.9. The predicted molar refractivity (Wildman–Crippen MR) is 110 cm³/mol. The van der Waals surface area contributed by atoms with Gasteiger partial charge in [-0.3, -0.25) is 40.7 Å². The van der Waals surface area contributed by atoms with Crippen molar-refractivity contribution in [2.75, 3.05) is 0 Å². The first-order valence-electron chi connectivity index (χ1n) is 7.90. The van der Waals surface area contributed by atoms with Gasteiger partial charge in [-0.2, -0.15) is 0 Å². The van der Waals surface area contributed by atoms with Gasteiger partial charge in [0.15, 0.2) is 0 Å². The fourth-order valence-corrected chi connectivity index (χ4v) is 1.69. The Labute approximate surface area is 213 Å². The van der Waals surface area contributed by atoms with Gasteiger partial charge in [0.1, 0.15) is 0 Å². The standard InChI is InChI=1S/2C7H7N3O3.Cd.2NO3/c2*8-9-7(11)5-2-1-3-6(4-5)10(12)13;;2*2-1(3)4/h2*1-4H,8H2,(H,9,11);;;/q;;+2;2*-1. The molecule has 2 aromatic carbocycles. The van der Waals surface area contributed by atoms with Gasteiger partial charge in [-0.25, -0.2) is 11.7 Å². The number of nitrogens with one attached hydrogen (secondary N) is 2. The van der Waals surface area contributed by atoms with E-state index in [-0.39, 0.29) is 49.8 Å². The molecule has 0 bridgehead atoms. The summed E-state index contributed by atoms with van der Waals surface area (Å²) in [4.78, 5) is 57.8. The van der Waals surface area contributed by atoms with Crippen molar-refractivity contribution in [1.82, 2.24) is 10.9 Å². The third-order valence-electron chi connectivity index (χ3n) is 2.90. The molecule has 35 heavy (non-hydrogen) atoms. The maximum atomic E-state index is 10.9. The largest absolute Gasteiger partial charge is 2.00 e. The minimum atomic E-state index is -1.75. The zero-order chi connectivity index (χ0) is 26.8. The van der Waals surface area contributed by atoms with Gasteiger partial charge in [-0.15, -0.1) is 0 Å². The van der Waals surface area contributed by atoms with Crippen molar-refractivity contribution in [2.24, 2.45) is 11.7 Å². The molecule has 2 rings (SSSR count). The van der Waals surface area contributed by atoms with Crippen molar-refractivity contribution in [3.8, 4) is 0 Å². The number of nitrogen functional groups attached to an aromatic ring is 2. The molecule has 21 heteroatoms. The topological polar surface area (TPSA) is 329 Å². The third kappa shape index (κ3) is 17.6. The summed E-state index contributed by atoms with van der Waals surface area (Å²) in [5.74, 6) is 8.62.